The molecule has 4 atom stereocenters. The van der Waals surface area contributed by atoms with Crippen LogP contribution in [0.5, 0.6) is 0 Å². The van der Waals surface area contributed by atoms with E-state index in [0.717, 1.165) is 0 Å². The van der Waals surface area contributed by atoms with Crippen molar-refractivity contribution in [2.45, 2.75) is 69.1 Å². The summed E-state index contributed by atoms with van der Waals surface area (Å²) in [6.45, 7) is -0.00208. The molecule has 0 saturated heterocycles. The summed E-state index contributed by atoms with van der Waals surface area (Å²) in [5.74, 6) is -5.51. The summed E-state index contributed by atoms with van der Waals surface area (Å²) >= 11 is 0. The molecule has 44 heavy (non-hydrogen) atoms. The molecule has 0 aliphatic carbocycles. The van der Waals surface area contributed by atoms with Crippen LogP contribution in [0.25, 0.3) is 0 Å². The number of hydrogen-bond donors (Lipinski definition) is 10. The third-order valence-corrected chi connectivity index (χ3v) is 6.30. The fourth-order valence-corrected chi connectivity index (χ4v) is 4.06. The average molecular weight is 621 g/mol. The smallest absolute Gasteiger partial charge is 0.326 e. The summed E-state index contributed by atoms with van der Waals surface area (Å²) in [5, 5.41) is 19.5. The van der Waals surface area contributed by atoms with Gasteiger partial charge in [-0.25, -0.2) is 4.79 Å². The molecule has 1 rings (SSSR count). The number of rotatable bonds is 21. The summed E-state index contributed by atoms with van der Waals surface area (Å²) in [4.78, 5) is 79.0. The quantitative estimate of drug-likeness (QED) is 0.0362. The number of nitrogens with one attached hydrogen (secondary N) is 4. The number of aliphatic imine (C=N–C) groups is 1. The first-order valence-corrected chi connectivity index (χ1v) is 14.1. The number of carboxylic acid groups (broad SMARTS) is 1. The molecule has 0 unspecified atom stereocenters. The normalized spacial score (nSPS) is 13.3. The van der Waals surface area contributed by atoms with Crippen molar-refractivity contribution >= 4 is 41.5 Å². The Morgan fingerprint density at radius 1 is 0.727 bits per heavy atom. The van der Waals surface area contributed by atoms with E-state index in [4.69, 9.17) is 28.7 Å². The molecule has 244 valence electrons. The average Bonchev–Trinajstić information content (AvgIpc) is 2.97. The number of benzene rings is 1. The predicted molar refractivity (Wildman–Crippen MR) is 161 cm³/mol. The molecule has 17 heteroatoms. The standard InChI is InChI=1S/C27H44N10O7/c28-11-5-4-9-18(26(43)44)36-24(41)19(13-16-7-2-1-3-8-16)37-23(40)17(10-6-12-33-27(31)32)35-25(42)20(14-21(30)38)34-22(39)15-29/h1-3,7-8,17-20H,4-6,9-15,28-29H2,(H2,30,38)(H,34,39)(H,35,42)(H,36,41)(H,37,40)(H,43,44)(H4,31,32,33)/t17-,18-,19-,20-/m0/s1. The van der Waals surface area contributed by atoms with Crippen LogP contribution in [0, 0.1) is 0 Å². The first-order chi connectivity index (χ1) is 20.9. The van der Waals surface area contributed by atoms with Gasteiger partial charge in [0.1, 0.15) is 24.2 Å². The molecule has 0 aromatic heterocycles. The molecule has 1 aromatic carbocycles. The zero-order valence-electron chi connectivity index (χ0n) is 24.5. The third-order valence-electron chi connectivity index (χ3n) is 6.30. The maximum absolute atomic E-state index is 13.5. The maximum Gasteiger partial charge on any atom is 0.326 e. The van der Waals surface area contributed by atoms with Gasteiger partial charge in [0.2, 0.25) is 29.5 Å². The first-order valence-electron chi connectivity index (χ1n) is 14.1. The van der Waals surface area contributed by atoms with E-state index in [9.17, 15) is 33.9 Å². The number of nitrogens with zero attached hydrogens (tertiary/aromatic N) is 1. The number of guanidine groups is 1. The van der Waals surface area contributed by atoms with Crippen LogP contribution in [0.4, 0.5) is 0 Å². The minimum Gasteiger partial charge on any atom is -0.480 e. The van der Waals surface area contributed by atoms with Crippen LogP contribution >= 0.6 is 0 Å². The van der Waals surface area contributed by atoms with Crippen molar-refractivity contribution in [3.63, 3.8) is 0 Å². The Hall–Kier alpha value is -4.77. The minimum atomic E-state index is -1.43. The largest absolute Gasteiger partial charge is 0.480 e. The lowest BCUT2D eigenvalue weighted by Crippen LogP contribution is -2.58. The van der Waals surface area contributed by atoms with Gasteiger partial charge in [-0.15, -0.1) is 0 Å². The predicted octanol–water partition coefficient (Wildman–Crippen LogP) is -3.73. The minimum absolute atomic E-state index is 0.000916. The van der Waals surface area contributed by atoms with Crippen LogP contribution in [0.2, 0.25) is 0 Å². The van der Waals surface area contributed by atoms with Crippen molar-refractivity contribution in [2.75, 3.05) is 19.6 Å². The molecule has 17 nitrogen and oxygen atoms in total. The molecule has 0 bridgehead atoms. The molecule has 0 aliphatic heterocycles. The SMILES string of the molecule is NCCCC[C@H](NC(=O)[C@H](Cc1ccccc1)NC(=O)[C@H](CCCN=C(N)N)NC(=O)[C@H](CC(N)=O)NC(=O)CN)C(=O)O. The number of carboxylic acids is 1. The monoisotopic (exact) mass is 620 g/mol. The number of hydrogen-bond acceptors (Lipinski definition) is 9. The highest BCUT2D eigenvalue weighted by Gasteiger charge is 2.31. The second-order valence-electron chi connectivity index (χ2n) is 9.94. The molecule has 0 fully saturated rings. The van der Waals surface area contributed by atoms with Gasteiger partial charge in [-0.05, 0) is 44.2 Å². The van der Waals surface area contributed by atoms with E-state index in [1.807, 2.05) is 0 Å². The van der Waals surface area contributed by atoms with Crippen LogP contribution < -0.4 is 49.9 Å². The molecule has 0 radical (unpaired) electrons. The van der Waals surface area contributed by atoms with Gasteiger partial charge in [-0.3, -0.25) is 29.0 Å². The lowest BCUT2D eigenvalue weighted by Gasteiger charge is -2.26. The van der Waals surface area contributed by atoms with Crippen molar-refractivity contribution in [3.8, 4) is 0 Å². The molecule has 1 aromatic rings. The van der Waals surface area contributed by atoms with Gasteiger partial charge in [-0.2, -0.15) is 0 Å². The molecule has 15 N–H and O–H groups in total. The number of aliphatic carboxylic acids is 1. The van der Waals surface area contributed by atoms with Crippen molar-refractivity contribution < 1.29 is 33.9 Å². The summed E-state index contributed by atoms with van der Waals surface area (Å²) in [6.07, 6.45) is 0.777. The fourth-order valence-electron chi connectivity index (χ4n) is 4.06. The summed E-state index contributed by atoms with van der Waals surface area (Å²) in [5.41, 5.74) is 27.4. The van der Waals surface area contributed by atoms with E-state index in [1.165, 1.54) is 0 Å². The van der Waals surface area contributed by atoms with Crippen LogP contribution in [0.1, 0.15) is 44.1 Å². The number of primary amides is 1. The lowest BCUT2D eigenvalue weighted by molar-refractivity contribution is -0.142. The van der Waals surface area contributed by atoms with Crippen LogP contribution in [-0.4, -0.2) is 90.4 Å². The Labute approximate surface area is 255 Å². The molecular weight excluding hydrogens is 576 g/mol. The first kappa shape index (κ1) is 37.3. The van der Waals surface area contributed by atoms with Crippen molar-refractivity contribution in [2.24, 2.45) is 33.7 Å². The maximum atomic E-state index is 13.5. The summed E-state index contributed by atoms with van der Waals surface area (Å²) in [7, 11) is 0. The number of unbranched alkanes of at least 4 members (excludes halogenated alkanes) is 1. The molecule has 0 aliphatic rings. The summed E-state index contributed by atoms with van der Waals surface area (Å²) < 4.78 is 0. The van der Waals surface area contributed by atoms with E-state index >= 15 is 0 Å². The van der Waals surface area contributed by atoms with E-state index in [2.05, 4.69) is 26.3 Å². The van der Waals surface area contributed by atoms with Crippen LogP contribution in [0.3, 0.4) is 0 Å². The number of nitrogens with two attached hydrogens (primary N) is 5. The number of amides is 5. The zero-order chi connectivity index (χ0) is 33.1. The Morgan fingerprint density at radius 3 is 1.86 bits per heavy atom. The van der Waals surface area contributed by atoms with Gasteiger partial charge < -0.3 is 55.0 Å². The molecular formula is C27H44N10O7. The van der Waals surface area contributed by atoms with Gasteiger partial charge in [0.15, 0.2) is 5.96 Å². The molecule has 0 saturated carbocycles. The Balaban J connectivity index is 3.26. The highest BCUT2D eigenvalue weighted by atomic mass is 16.4. The van der Waals surface area contributed by atoms with E-state index in [1.54, 1.807) is 30.3 Å². The van der Waals surface area contributed by atoms with Crippen molar-refractivity contribution in [1.82, 2.24) is 21.3 Å². The molecule has 0 heterocycles. The fraction of sp³-hybridized carbons (Fsp3) is 0.519. The topological polar surface area (TPSA) is 313 Å². The van der Waals surface area contributed by atoms with E-state index < -0.39 is 72.6 Å². The highest BCUT2D eigenvalue weighted by molar-refractivity contribution is 5.96. The van der Waals surface area contributed by atoms with E-state index in [-0.39, 0.29) is 38.2 Å². The highest BCUT2D eigenvalue weighted by Crippen LogP contribution is 2.08. The van der Waals surface area contributed by atoms with Crippen LogP contribution in [-0.2, 0) is 35.2 Å². The van der Waals surface area contributed by atoms with Crippen molar-refractivity contribution in [1.29, 1.82) is 0 Å². The number of carbonyl (C=O) groups is 6. The second kappa shape index (κ2) is 20.2. The Morgan fingerprint density at radius 2 is 1.30 bits per heavy atom. The second-order valence-corrected chi connectivity index (χ2v) is 9.94. The van der Waals surface area contributed by atoms with Crippen molar-refractivity contribution in [3.05, 3.63) is 35.9 Å². The third kappa shape index (κ3) is 14.9. The molecule has 0 spiro atoms. The Kier molecular flexibility index (Phi) is 17.1. The Bertz CT molecular complexity index is 1150. The van der Waals surface area contributed by atoms with Gasteiger partial charge in [0.05, 0.1) is 13.0 Å². The van der Waals surface area contributed by atoms with Gasteiger partial charge in [0, 0.05) is 13.0 Å². The van der Waals surface area contributed by atoms with E-state index in [0.29, 0.717) is 24.9 Å². The van der Waals surface area contributed by atoms with Gasteiger partial charge in [0.25, 0.3) is 0 Å². The lowest BCUT2D eigenvalue weighted by atomic mass is 10.0. The molecule has 5 amide bonds. The number of carbonyl (C=O) groups excluding carboxylic acids is 5. The van der Waals surface area contributed by atoms with Gasteiger partial charge >= 0.3 is 5.97 Å². The summed E-state index contributed by atoms with van der Waals surface area (Å²) in [6, 6.07) is 3.52. The zero-order valence-corrected chi connectivity index (χ0v) is 24.5. The van der Waals surface area contributed by atoms with Crippen LogP contribution in [0.15, 0.2) is 35.3 Å². The van der Waals surface area contributed by atoms with Gasteiger partial charge in [-0.1, -0.05) is 30.3 Å².